The van der Waals surface area contributed by atoms with Crippen LogP contribution >= 0.6 is 0 Å². The summed E-state index contributed by atoms with van der Waals surface area (Å²) in [4.78, 5) is 25.7. The number of para-hydroxylation sites is 1. The number of nitrogens with zero attached hydrogens (tertiary/aromatic N) is 1. The van der Waals surface area contributed by atoms with Crippen LogP contribution in [0.15, 0.2) is 40.8 Å². The Morgan fingerprint density at radius 2 is 1.95 bits per heavy atom. The Balaban J connectivity index is 1.90. The number of carbonyl (C=O) groups excluding carboxylic acids is 2. The first kappa shape index (κ1) is 12.7. The zero-order valence-corrected chi connectivity index (χ0v) is 11.3. The van der Waals surface area contributed by atoms with Crippen LogP contribution in [-0.2, 0) is 6.42 Å². The van der Waals surface area contributed by atoms with Gasteiger partial charge in [-0.1, -0.05) is 18.2 Å². The van der Waals surface area contributed by atoms with E-state index in [1.54, 1.807) is 13.1 Å². The molecule has 1 amide bonds. The summed E-state index contributed by atoms with van der Waals surface area (Å²) >= 11 is 0. The van der Waals surface area contributed by atoms with Crippen LogP contribution in [0.3, 0.4) is 0 Å². The minimum atomic E-state index is -0.238. The van der Waals surface area contributed by atoms with Crippen molar-refractivity contribution >= 4 is 17.4 Å². The summed E-state index contributed by atoms with van der Waals surface area (Å²) in [6, 6.07) is 10.9. The maximum atomic E-state index is 12.4. The lowest BCUT2D eigenvalue weighted by Crippen LogP contribution is -2.25. The SMILES string of the molecule is CN(C(=O)c1cc2c(o1)CCCC2=O)c1ccccc1. The Kier molecular flexibility index (Phi) is 3.14. The van der Waals surface area contributed by atoms with Crippen LogP contribution in [0.5, 0.6) is 0 Å². The lowest BCUT2D eigenvalue weighted by Gasteiger charge is -2.15. The van der Waals surface area contributed by atoms with Gasteiger partial charge < -0.3 is 9.32 Å². The van der Waals surface area contributed by atoms with Gasteiger partial charge >= 0.3 is 0 Å². The lowest BCUT2D eigenvalue weighted by atomic mass is 9.97. The van der Waals surface area contributed by atoms with E-state index in [1.165, 1.54) is 4.90 Å². The number of hydrogen-bond acceptors (Lipinski definition) is 3. The molecule has 0 spiro atoms. The average Bonchev–Trinajstić information content (AvgIpc) is 2.92. The summed E-state index contributed by atoms with van der Waals surface area (Å²) in [5.41, 5.74) is 1.36. The molecule has 1 aliphatic rings. The maximum absolute atomic E-state index is 12.4. The van der Waals surface area contributed by atoms with Crippen molar-refractivity contribution in [1.82, 2.24) is 0 Å². The lowest BCUT2D eigenvalue weighted by molar-refractivity contribution is 0.0953. The van der Waals surface area contributed by atoms with E-state index < -0.39 is 0 Å². The molecule has 0 saturated carbocycles. The minimum Gasteiger partial charge on any atom is -0.455 e. The van der Waals surface area contributed by atoms with Crippen molar-refractivity contribution in [2.75, 3.05) is 11.9 Å². The average molecular weight is 269 g/mol. The zero-order chi connectivity index (χ0) is 14.1. The molecule has 0 atom stereocenters. The number of Topliss-reactive ketones (excluding diaryl/α,β-unsaturated/α-hetero) is 1. The number of amides is 1. The molecule has 1 heterocycles. The van der Waals surface area contributed by atoms with Crippen molar-refractivity contribution in [2.45, 2.75) is 19.3 Å². The number of ketones is 1. The highest BCUT2D eigenvalue weighted by atomic mass is 16.4. The molecule has 4 heteroatoms. The topological polar surface area (TPSA) is 50.5 Å². The molecule has 102 valence electrons. The zero-order valence-electron chi connectivity index (χ0n) is 11.3. The van der Waals surface area contributed by atoms with E-state index in [0.29, 0.717) is 17.7 Å². The van der Waals surface area contributed by atoms with Crippen LogP contribution < -0.4 is 4.90 Å². The first-order valence-corrected chi connectivity index (χ1v) is 6.66. The molecule has 4 nitrogen and oxygen atoms in total. The molecule has 0 fully saturated rings. The van der Waals surface area contributed by atoms with Crippen molar-refractivity contribution in [3.8, 4) is 0 Å². The first-order chi connectivity index (χ1) is 9.66. The highest BCUT2D eigenvalue weighted by molar-refractivity contribution is 6.06. The van der Waals surface area contributed by atoms with E-state index in [1.807, 2.05) is 30.3 Å². The summed E-state index contributed by atoms with van der Waals surface area (Å²) in [5, 5.41) is 0. The van der Waals surface area contributed by atoms with Crippen molar-refractivity contribution in [1.29, 1.82) is 0 Å². The number of anilines is 1. The van der Waals surface area contributed by atoms with Crippen molar-refractivity contribution in [3.63, 3.8) is 0 Å². The summed E-state index contributed by atoms with van der Waals surface area (Å²) in [6.45, 7) is 0. The van der Waals surface area contributed by atoms with Gasteiger partial charge in [-0.05, 0) is 18.6 Å². The van der Waals surface area contributed by atoms with Gasteiger partial charge in [0, 0.05) is 31.6 Å². The van der Waals surface area contributed by atoms with Gasteiger partial charge in [0.25, 0.3) is 5.91 Å². The molecule has 1 aliphatic carbocycles. The summed E-state index contributed by atoms with van der Waals surface area (Å²) in [7, 11) is 1.70. The Morgan fingerprint density at radius 1 is 1.20 bits per heavy atom. The normalized spacial score (nSPS) is 13.9. The number of benzene rings is 1. The van der Waals surface area contributed by atoms with Crippen LogP contribution in [0, 0.1) is 0 Å². The van der Waals surface area contributed by atoms with Gasteiger partial charge in [-0.3, -0.25) is 9.59 Å². The van der Waals surface area contributed by atoms with E-state index in [-0.39, 0.29) is 17.5 Å². The van der Waals surface area contributed by atoms with Gasteiger partial charge in [0.2, 0.25) is 0 Å². The third kappa shape index (κ3) is 2.13. The van der Waals surface area contributed by atoms with Crippen molar-refractivity contribution < 1.29 is 14.0 Å². The van der Waals surface area contributed by atoms with E-state index in [9.17, 15) is 9.59 Å². The van der Waals surface area contributed by atoms with Crippen molar-refractivity contribution in [3.05, 3.63) is 53.5 Å². The van der Waals surface area contributed by atoms with Crippen LogP contribution in [-0.4, -0.2) is 18.7 Å². The van der Waals surface area contributed by atoms with Crippen LogP contribution in [0.1, 0.15) is 39.5 Å². The third-order valence-electron chi connectivity index (χ3n) is 3.58. The molecule has 1 aromatic heterocycles. The van der Waals surface area contributed by atoms with Crippen LogP contribution in [0.25, 0.3) is 0 Å². The Bertz CT molecular complexity index is 658. The molecule has 0 bridgehead atoms. The molecule has 20 heavy (non-hydrogen) atoms. The molecule has 2 aromatic rings. The largest absolute Gasteiger partial charge is 0.455 e. The van der Waals surface area contributed by atoms with Gasteiger partial charge in [0.15, 0.2) is 11.5 Å². The second-order valence-corrected chi connectivity index (χ2v) is 4.92. The minimum absolute atomic E-state index is 0.0661. The monoisotopic (exact) mass is 269 g/mol. The number of rotatable bonds is 2. The predicted molar refractivity (Wildman–Crippen MR) is 75.2 cm³/mol. The standard InChI is InChI=1S/C16H15NO3/c1-17(11-6-3-2-4-7-11)16(19)15-10-12-13(18)8-5-9-14(12)20-15/h2-4,6-7,10H,5,8-9H2,1H3. The smallest absolute Gasteiger partial charge is 0.293 e. The molecule has 0 N–H and O–H groups in total. The van der Waals surface area contributed by atoms with Gasteiger partial charge in [-0.2, -0.15) is 0 Å². The van der Waals surface area contributed by atoms with E-state index in [4.69, 9.17) is 4.42 Å². The van der Waals surface area contributed by atoms with Gasteiger partial charge in [-0.25, -0.2) is 0 Å². The fourth-order valence-electron chi connectivity index (χ4n) is 2.43. The summed E-state index contributed by atoms with van der Waals surface area (Å²) in [5.74, 6) is 0.706. The van der Waals surface area contributed by atoms with E-state index >= 15 is 0 Å². The molecule has 3 rings (SSSR count). The Labute approximate surface area is 117 Å². The number of hydrogen-bond donors (Lipinski definition) is 0. The number of aryl methyl sites for hydroxylation is 1. The first-order valence-electron chi connectivity index (χ1n) is 6.66. The van der Waals surface area contributed by atoms with E-state index in [2.05, 4.69) is 0 Å². The van der Waals surface area contributed by atoms with Gasteiger partial charge in [0.05, 0.1) is 5.56 Å². The molecular weight excluding hydrogens is 254 g/mol. The molecule has 0 radical (unpaired) electrons. The molecular formula is C16H15NO3. The third-order valence-corrected chi connectivity index (χ3v) is 3.58. The second-order valence-electron chi connectivity index (χ2n) is 4.92. The Morgan fingerprint density at radius 3 is 2.65 bits per heavy atom. The summed E-state index contributed by atoms with van der Waals surface area (Å²) < 4.78 is 5.57. The molecule has 0 aliphatic heterocycles. The van der Waals surface area contributed by atoms with Crippen molar-refractivity contribution in [2.24, 2.45) is 0 Å². The van der Waals surface area contributed by atoms with Crippen LogP contribution in [0.4, 0.5) is 5.69 Å². The van der Waals surface area contributed by atoms with Crippen LogP contribution in [0.2, 0.25) is 0 Å². The molecule has 0 saturated heterocycles. The predicted octanol–water partition coefficient (Wildman–Crippen LogP) is 3.08. The van der Waals surface area contributed by atoms with Gasteiger partial charge in [-0.15, -0.1) is 0 Å². The number of fused-ring (bicyclic) bond motifs is 1. The fourth-order valence-corrected chi connectivity index (χ4v) is 2.43. The number of furan rings is 1. The summed E-state index contributed by atoms with van der Waals surface area (Å²) in [6.07, 6.45) is 2.06. The van der Waals surface area contributed by atoms with Gasteiger partial charge in [0.1, 0.15) is 5.76 Å². The highest BCUT2D eigenvalue weighted by Crippen LogP contribution is 2.26. The highest BCUT2D eigenvalue weighted by Gasteiger charge is 2.26. The maximum Gasteiger partial charge on any atom is 0.293 e. The Hall–Kier alpha value is -2.36. The van der Waals surface area contributed by atoms with E-state index in [0.717, 1.165) is 18.5 Å². The number of carbonyl (C=O) groups is 2. The second kappa shape index (κ2) is 4.96. The molecule has 0 unspecified atom stereocenters. The quantitative estimate of drug-likeness (QED) is 0.841. The molecule has 1 aromatic carbocycles. The fraction of sp³-hybridized carbons (Fsp3) is 0.250.